The molecule has 0 aliphatic carbocycles. The molecular weight excluding hydrogens is 396 g/mol. The second-order valence-corrected chi connectivity index (χ2v) is 7.38. The van der Waals surface area contributed by atoms with Crippen LogP contribution in [0.2, 0.25) is 0 Å². The van der Waals surface area contributed by atoms with Crippen LogP contribution in [0.3, 0.4) is 0 Å². The lowest BCUT2D eigenvalue weighted by Crippen LogP contribution is -2.37. The summed E-state index contributed by atoms with van der Waals surface area (Å²) in [6.45, 7) is 7.40. The highest BCUT2D eigenvalue weighted by Crippen LogP contribution is 2.38. The fourth-order valence-corrected chi connectivity index (χ4v) is 3.69. The van der Waals surface area contributed by atoms with Gasteiger partial charge in [-0.05, 0) is 62.1 Å². The maximum absolute atomic E-state index is 12.6. The van der Waals surface area contributed by atoms with E-state index in [0.29, 0.717) is 23.2 Å². The van der Waals surface area contributed by atoms with Crippen molar-refractivity contribution < 1.29 is 22.7 Å². The van der Waals surface area contributed by atoms with E-state index < -0.39 is 23.3 Å². The second-order valence-electron chi connectivity index (χ2n) is 7.38. The molecule has 0 saturated heterocycles. The summed E-state index contributed by atoms with van der Waals surface area (Å²) in [5.74, 6) is -0.356. The Morgan fingerprint density at radius 1 is 1.10 bits per heavy atom. The number of hydrogen-bond acceptors (Lipinski definition) is 3. The molecule has 0 bridgehead atoms. The Bertz CT molecular complexity index is 809. The second kappa shape index (κ2) is 10.6. The number of aryl methyl sites for hydroxylation is 1. The summed E-state index contributed by atoms with van der Waals surface area (Å²) in [5, 5.41) is 17.0. The monoisotopic (exact) mass is 426 g/mol. The molecule has 30 heavy (non-hydrogen) atoms. The summed E-state index contributed by atoms with van der Waals surface area (Å²) in [7, 11) is 0. The van der Waals surface area contributed by atoms with Crippen molar-refractivity contribution >= 4 is 11.9 Å². The summed E-state index contributed by atoms with van der Waals surface area (Å²) in [4.78, 5) is 0. The molecule has 7 heteroatoms. The number of alkyl halides is 3. The van der Waals surface area contributed by atoms with Gasteiger partial charge < -0.3 is 16.2 Å². The minimum absolute atomic E-state index is 0.317. The van der Waals surface area contributed by atoms with Gasteiger partial charge in [0.25, 0.3) is 0 Å². The molecule has 0 aliphatic heterocycles. The van der Waals surface area contributed by atoms with E-state index in [1.54, 1.807) is 13.8 Å². The van der Waals surface area contributed by atoms with Crippen LogP contribution in [0.15, 0.2) is 36.4 Å². The van der Waals surface area contributed by atoms with Crippen molar-refractivity contribution in [3.05, 3.63) is 64.5 Å². The van der Waals surface area contributed by atoms with Gasteiger partial charge in [0.05, 0.1) is 11.7 Å². The number of nitrogens with one attached hydrogen (secondary N) is 1. The minimum atomic E-state index is -4.32. The molecule has 0 spiro atoms. The van der Waals surface area contributed by atoms with Gasteiger partial charge in [0.2, 0.25) is 0 Å². The van der Waals surface area contributed by atoms with Gasteiger partial charge in [-0.15, -0.1) is 0 Å². The predicted molar refractivity (Wildman–Crippen MR) is 113 cm³/mol. The molecule has 0 saturated carbocycles. The van der Waals surface area contributed by atoms with E-state index in [1.807, 2.05) is 13.8 Å². The zero-order valence-electron chi connectivity index (χ0n) is 17.8. The maximum atomic E-state index is 12.6. The minimum Gasteiger partial charge on any atom is -0.398 e. The molecule has 2 rings (SSSR count). The Labute approximate surface area is 175 Å². The van der Waals surface area contributed by atoms with Gasteiger partial charge >= 0.3 is 6.18 Å². The van der Waals surface area contributed by atoms with Crippen molar-refractivity contribution in [2.45, 2.75) is 64.7 Å². The SMILES string of the molecule is CCCC(CC)(c1ccc(C(F)(F)F)cc1)C(C)O.Cc1cc(F)cc(N)c1C=N. The number of halogens is 4. The molecule has 166 valence electrons. The number of rotatable bonds is 6. The van der Waals surface area contributed by atoms with Crippen molar-refractivity contribution in [2.24, 2.45) is 0 Å². The van der Waals surface area contributed by atoms with Crippen LogP contribution in [0.1, 0.15) is 62.3 Å². The van der Waals surface area contributed by atoms with Crippen LogP contribution in [0.4, 0.5) is 23.2 Å². The fraction of sp³-hybridized carbons (Fsp3) is 0.435. The van der Waals surface area contributed by atoms with E-state index in [9.17, 15) is 22.7 Å². The van der Waals surface area contributed by atoms with E-state index in [4.69, 9.17) is 11.1 Å². The molecule has 0 fully saturated rings. The smallest absolute Gasteiger partial charge is 0.398 e. The van der Waals surface area contributed by atoms with E-state index in [-0.39, 0.29) is 5.82 Å². The highest BCUT2D eigenvalue weighted by atomic mass is 19.4. The normalized spacial score (nSPS) is 14.3. The lowest BCUT2D eigenvalue weighted by Gasteiger charge is -2.36. The number of nitrogen functional groups attached to an aromatic ring is 1. The highest BCUT2D eigenvalue weighted by molar-refractivity contribution is 5.86. The van der Waals surface area contributed by atoms with Gasteiger partial charge in [0.1, 0.15) is 5.82 Å². The third kappa shape index (κ3) is 6.05. The van der Waals surface area contributed by atoms with Gasteiger partial charge in [0, 0.05) is 22.9 Å². The van der Waals surface area contributed by atoms with Crippen molar-refractivity contribution in [3.63, 3.8) is 0 Å². The Kier molecular flexibility index (Phi) is 9.03. The van der Waals surface area contributed by atoms with Crippen molar-refractivity contribution in [3.8, 4) is 0 Å². The molecule has 0 aromatic heterocycles. The summed E-state index contributed by atoms with van der Waals surface area (Å²) >= 11 is 0. The highest BCUT2D eigenvalue weighted by Gasteiger charge is 2.36. The topological polar surface area (TPSA) is 70.1 Å². The van der Waals surface area contributed by atoms with Crippen LogP contribution in [0.25, 0.3) is 0 Å². The molecule has 2 atom stereocenters. The predicted octanol–water partition coefficient (Wildman–Crippen LogP) is 6.25. The van der Waals surface area contributed by atoms with Crippen molar-refractivity contribution in [1.82, 2.24) is 0 Å². The largest absolute Gasteiger partial charge is 0.416 e. The molecule has 2 aromatic rings. The maximum Gasteiger partial charge on any atom is 0.416 e. The number of anilines is 1. The van der Waals surface area contributed by atoms with Crippen molar-refractivity contribution in [1.29, 1.82) is 5.41 Å². The van der Waals surface area contributed by atoms with Crippen LogP contribution in [-0.2, 0) is 11.6 Å². The van der Waals surface area contributed by atoms with E-state index >= 15 is 0 Å². The molecule has 4 N–H and O–H groups in total. The third-order valence-corrected chi connectivity index (χ3v) is 5.44. The van der Waals surface area contributed by atoms with Crippen LogP contribution < -0.4 is 5.73 Å². The first-order valence-corrected chi connectivity index (χ1v) is 9.84. The van der Waals surface area contributed by atoms with Gasteiger partial charge in [-0.2, -0.15) is 13.2 Å². The van der Waals surface area contributed by atoms with E-state index in [2.05, 4.69) is 0 Å². The van der Waals surface area contributed by atoms with Gasteiger partial charge in [-0.3, -0.25) is 0 Å². The Hall–Kier alpha value is -2.41. The number of aliphatic hydroxyl groups is 1. The molecule has 3 nitrogen and oxygen atoms in total. The zero-order valence-corrected chi connectivity index (χ0v) is 17.8. The first-order chi connectivity index (χ1) is 13.9. The fourth-order valence-electron chi connectivity index (χ4n) is 3.69. The number of hydrogen-bond donors (Lipinski definition) is 3. The van der Waals surface area contributed by atoms with Gasteiger partial charge in [-0.25, -0.2) is 4.39 Å². The van der Waals surface area contributed by atoms with Crippen LogP contribution in [0.5, 0.6) is 0 Å². The Balaban J connectivity index is 0.000000346. The standard InChI is InChI=1S/C15H21F3O.C8H9FN2/c1-4-10-14(5-2,11(3)19)12-6-8-13(9-7-12)15(16,17)18;1-5-2-6(9)3-8(11)7(5)4-10/h6-9,11,19H,4-5,10H2,1-3H3;2-4,10H,11H2,1H3. The molecule has 2 unspecified atom stereocenters. The molecule has 0 aliphatic rings. The Morgan fingerprint density at radius 3 is 2.00 bits per heavy atom. The van der Waals surface area contributed by atoms with E-state index in [1.165, 1.54) is 24.3 Å². The first kappa shape index (κ1) is 25.6. The third-order valence-electron chi connectivity index (χ3n) is 5.44. The lowest BCUT2D eigenvalue weighted by molar-refractivity contribution is -0.137. The summed E-state index contributed by atoms with van der Waals surface area (Å²) in [5.41, 5.74) is 6.71. The number of benzene rings is 2. The summed E-state index contributed by atoms with van der Waals surface area (Å²) in [6.07, 6.45) is -1.45. The Morgan fingerprint density at radius 2 is 1.63 bits per heavy atom. The van der Waals surface area contributed by atoms with Crippen LogP contribution >= 0.6 is 0 Å². The van der Waals surface area contributed by atoms with Crippen molar-refractivity contribution in [2.75, 3.05) is 5.73 Å². The lowest BCUT2D eigenvalue weighted by atomic mass is 9.71. The molecule has 0 amide bonds. The molecule has 0 heterocycles. The van der Waals surface area contributed by atoms with Gasteiger partial charge in [0.15, 0.2) is 0 Å². The first-order valence-electron chi connectivity index (χ1n) is 9.84. The summed E-state index contributed by atoms with van der Waals surface area (Å²) in [6, 6.07) is 7.75. The molecule has 2 aromatic carbocycles. The summed E-state index contributed by atoms with van der Waals surface area (Å²) < 4.78 is 50.3. The number of aliphatic hydroxyl groups excluding tert-OH is 1. The molecule has 0 radical (unpaired) electrons. The zero-order chi connectivity index (χ0) is 23.1. The van der Waals surface area contributed by atoms with Crippen LogP contribution in [0, 0.1) is 18.2 Å². The quantitative estimate of drug-likeness (QED) is 0.290. The average molecular weight is 426 g/mol. The van der Waals surface area contributed by atoms with Crippen LogP contribution in [-0.4, -0.2) is 17.4 Å². The van der Waals surface area contributed by atoms with E-state index in [0.717, 1.165) is 36.8 Å². The number of nitrogens with two attached hydrogens (primary N) is 1. The molecular formula is C23H30F4N2O. The average Bonchev–Trinajstić information content (AvgIpc) is 2.65. The van der Waals surface area contributed by atoms with Gasteiger partial charge in [-0.1, -0.05) is 32.4 Å².